The van der Waals surface area contributed by atoms with Gasteiger partial charge in [0.2, 0.25) is 0 Å². The summed E-state index contributed by atoms with van der Waals surface area (Å²) in [4.78, 5) is 39.6. The van der Waals surface area contributed by atoms with Crippen LogP contribution in [0.5, 0.6) is 11.5 Å². The van der Waals surface area contributed by atoms with Crippen LogP contribution < -0.4 is 16.2 Å². The molecule has 2 N–H and O–H groups in total. The number of carbonyl (C=O) groups excluding carboxylic acids is 1. The Morgan fingerprint density at radius 3 is 2.41 bits per heavy atom. The van der Waals surface area contributed by atoms with E-state index in [4.69, 9.17) is 15.2 Å². The van der Waals surface area contributed by atoms with E-state index < -0.39 is 5.54 Å². The predicted octanol–water partition coefficient (Wildman–Crippen LogP) is 2.90. The number of likely N-dealkylation sites (tertiary alicyclic amines) is 2. The molecule has 3 fully saturated rings. The number of rotatable bonds is 7. The number of nitrogens with two attached hydrogens (primary N) is 1. The lowest BCUT2D eigenvalue weighted by atomic mass is 9.75. The molecule has 1 spiro atoms. The number of hydrogen-bond donors (Lipinski definition) is 1. The van der Waals surface area contributed by atoms with Crippen molar-refractivity contribution in [2.75, 3.05) is 45.1 Å². The van der Waals surface area contributed by atoms with Crippen LogP contribution in [0.4, 0.5) is 5.82 Å². The first-order valence-electron chi connectivity index (χ1n) is 14.5. The number of aromatic nitrogens is 4. The largest absolute Gasteiger partial charge is 0.457 e. The molecule has 4 aromatic rings. The molecule has 12 nitrogen and oxygen atoms in total. The van der Waals surface area contributed by atoms with E-state index in [0.29, 0.717) is 28.4 Å². The summed E-state index contributed by atoms with van der Waals surface area (Å²) in [5, 5.41) is 9.89. The first-order chi connectivity index (χ1) is 21.2. The van der Waals surface area contributed by atoms with E-state index in [9.17, 15) is 14.9 Å². The fraction of sp³-hybridized carbons (Fsp3) is 0.344. The Labute approximate surface area is 253 Å². The molecular formula is C32H32N8O4. The second-order valence-corrected chi connectivity index (χ2v) is 12.4. The molecule has 3 aliphatic heterocycles. The third-order valence-electron chi connectivity index (χ3n) is 8.80. The van der Waals surface area contributed by atoms with Crippen molar-refractivity contribution in [1.82, 2.24) is 28.9 Å². The smallest absolute Gasteiger partial charge is 0.335 e. The van der Waals surface area contributed by atoms with Crippen LogP contribution in [-0.2, 0) is 9.53 Å². The number of fused-ring (bicyclic) bond motifs is 1. The minimum Gasteiger partial charge on any atom is -0.457 e. The zero-order chi connectivity index (χ0) is 30.6. The van der Waals surface area contributed by atoms with Crippen LogP contribution in [0, 0.1) is 16.7 Å². The molecule has 224 valence electrons. The van der Waals surface area contributed by atoms with E-state index in [1.807, 2.05) is 44.2 Å². The van der Waals surface area contributed by atoms with Gasteiger partial charge in [-0.1, -0.05) is 18.2 Å². The van der Waals surface area contributed by atoms with Gasteiger partial charge < -0.3 is 20.1 Å². The Hall–Kier alpha value is -4.99. The summed E-state index contributed by atoms with van der Waals surface area (Å²) < 4.78 is 14.3. The van der Waals surface area contributed by atoms with Gasteiger partial charge in [0.1, 0.15) is 35.0 Å². The van der Waals surface area contributed by atoms with Crippen LogP contribution >= 0.6 is 0 Å². The van der Waals surface area contributed by atoms with E-state index in [-0.39, 0.29) is 47.5 Å². The Kier molecular flexibility index (Phi) is 6.53. The number of amides is 1. The molecular weight excluding hydrogens is 560 g/mol. The van der Waals surface area contributed by atoms with Gasteiger partial charge in [-0.2, -0.15) is 5.26 Å². The number of para-hydroxylation sites is 1. The molecule has 44 heavy (non-hydrogen) atoms. The first-order valence-corrected chi connectivity index (χ1v) is 14.5. The maximum atomic E-state index is 13.9. The summed E-state index contributed by atoms with van der Waals surface area (Å²) in [6, 6.07) is 18.3. The first kappa shape index (κ1) is 27.8. The average molecular weight is 593 g/mol. The lowest BCUT2D eigenvalue weighted by Crippen LogP contribution is -2.70. The molecule has 3 aliphatic rings. The number of anilines is 1. The Morgan fingerprint density at radius 2 is 1.77 bits per heavy atom. The summed E-state index contributed by atoms with van der Waals surface area (Å²) in [5.74, 6) is 1.13. The molecule has 0 radical (unpaired) electrons. The fourth-order valence-corrected chi connectivity index (χ4v) is 6.21. The van der Waals surface area contributed by atoms with Crippen molar-refractivity contribution in [2.45, 2.75) is 25.4 Å². The van der Waals surface area contributed by atoms with E-state index in [2.05, 4.69) is 20.9 Å². The number of carbonyl (C=O) groups is 1. The molecule has 5 heterocycles. The van der Waals surface area contributed by atoms with Gasteiger partial charge in [0.05, 0.1) is 24.9 Å². The average Bonchev–Trinajstić information content (AvgIpc) is 3.23. The van der Waals surface area contributed by atoms with Crippen LogP contribution in [0.2, 0.25) is 0 Å². The van der Waals surface area contributed by atoms with Gasteiger partial charge in [-0.25, -0.2) is 14.8 Å². The zero-order valence-electron chi connectivity index (χ0n) is 24.5. The standard InChI is InChI=1S/C32H32N8O4/c1-31(2,38-16-32(17-38)18-43-19-32)12-21(13-33)29(41)37-14-23(15-37)40-28-26(27(34)35-20-36-28)39(30(40)42)22-8-10-25(11-9-22)44-24-6-4-3-5-7-24/h3-12,20,23H,14-19H2,1-2H3,(H2,34,35,36)/b21-12-. The van der Waals surface area contributed by atoms with Crippen LogP contribution in [0.3, 0.4) is 0 Å². The highest BCUT2D eigenvalue weighted by atomic mass is 16.5. The number of nitrogen functional groups attached to an aromatic ring is 1. The minimum absolute atomic E-state index is 0.0958. The van der Waals surface area contributed by atoms with Crippen LogP contribution in [0.25, 0.3) is 16.9 Å². The van der Waals surface area contributed by atoms with Crippen LogP contribution in [0.15, 0.2) is 77.4 Å². The summed E-state index contributed by atoms with van der Waals surface area (Å²) in [7, 11) is 0. The number of nitrogens with zero attached hydrogens (tertiary/aromatic N) is 7. The summed E-state index contributed by atoms with van der Waals surface area (Å²) in [6.07, 6.45) is 3.08. The number of imidazole rings is 1. The molecule has 2 aromatic carbocycles. The third kappa shape index (κ3) is 4.61. The molecule has 0 aliphatic carbocycles. The van der Waals surface area contributed by atoms with Gasteiger partial charge in [-0.05, 0) is 56.3 Å². The molecule has 1 amide bonds. The Morgan fingerprint density at radius 1 is 1.09 bits per heavy atom. The van der Waals surface area contributed by atoms with Crippen LogP contribution in [0.1, 0.15) is 19.9 Å². The lowest BCUT2D eigenvalue weighted by Gasteiger charge is -2.59. The van der Waals surface area contributed by atoms with Gasteiger partial charge >= 0.3 is 5.69 Å². The van der Waals surface area contributed by atoms with Gasteiger partial charge in [-0.15, -0.1) is 0 Å². The fourth-order valence-electron chi connectivity index (χ4n) is 6.21. The van der Waals surface area contributed by atoms with E-state index in [1.54, 1.807) is 39.8 Å². The van der Waals surface area contributed by atoms with E-state index in [0.717, 1.165) is 26.3 Å². The molecule has 0 bridgehead atoms. The quantitative estimate of drug-likeness (QED) is 0.253. The zero-order valence-corrected chi connectivity index (χ0v) is 24.5. The SMILES string of the molecule is CC(C)(/C=C(/C#N)C(=O)N1CC(n2c(=O)n(-c3ccc(Oc4ccccc4)cc3)c3c(N)ncnc32)C1)N1CC2(COC2)C1. The van der Waals surface area contributed by atoms with Gasteiger partial charge in [0.25, 0.3) is 5.91 Å². The highest BCUT2D eigenvalue weighted by Crippen LogP contribution is 2.42. The van der Waals surface area contributed by atoms with E-state index >= 15 is 0 Å². The van der Waals surface area contributed by atoms with Crippen molar-refractivity contribution < 1.29 is 14.3 Å². The molecule has 0 saturated carbocycles. The number of ether oxygens (including phenoxy) is 2. The van der Waals surface area contributed by atoms with Crippen molar-refractivity contribution in [3.63, 3.8) is 0 Å². The van der Waals surface area contributed by atoms with Crippen LogP contribution in [-0.4, -0.2) is 79.7 Å². The van der Waals surface area contributed by atoms with Gasteiger partial charge in [-0.3, -0.25) is 18.8 Å². The van der Waals surface area contributed by atoms with Crippen molar-refractivity contribution in [2.24, 2.45) is 5.41 Å². The molecule has 7 rings (SSSR count). The maximum Gasteiger partial charge on any atom is 0.335 e. The highest BCUT2D eigenvalue weighted by molar-refractivity contribution is 5.98. The second kappa shape index (κ2) is 10.3. The normalized spacial score (nSPS) is 18.4. The molecule has 0 atom stereocenters. The Balaban J connectivity index is 1.11. The van der Waals surface area contributed by atoms with Gasteiger partial charge in [0.15, 0.2) is 11.5 Å². The Bertz CT molecular complexity index is 1870. The van der Waals surface area contributed by atoms with E-state index in [1.165, 1.54) is 10.9 Å². The van der Waals surface area contributed by atoms with Crippen molar-refractivity contribution >= 4 is 22.9 Å². The number of benzene rings is 2. The van der Waals surface area contributed by atoms with Gasteiger partial charge in [0, 0.05) is 37.1 Å². The van der Waals surface area contributed by atoms with Crippen molar-refractivity contribution in [3.8, 4) is 23.3 Å². The lowest BCUT2D eigenvalue weighted by molar-refractivity contribution is -0.204. The monoisotopic (exact) mass is 592 g/mol. The maximum absolute atomic E-state index is 13.9. The van der Waals surface area contributed by atoms with Crippen molar-refractivity contribution in [3.05, 3.63) is 83.1 Å². The highest BCUT2D eigenvalue weighted by Gasteiger charge is 2.52. The second-order valence-electron chi connectivity index (χ2n) is 12.4. The molecule has 0 unspecified atom stereocenters. The summed E-state index contributed by atoms with van der Waals surface area (Å²) in [5.41, 5.74) is 7.14. The molecule has 12 heteroatoms. The minimum atomic E-state index is -0.452. The molecule has 3 saturated heterocycles. The summed E-state index contributed by atoms with van der Waals surface area (Å²) >= 11 is 0. The molecule has 2 aromatic heterocycles. The topological polar surface area (TPSA) is 145 Å². The van der Waals surface area contributed by atoms with Crippen molar-refractivity contribution in [1.29, 1.82) is 5.26 Å². The summed E-state index contributed by atoms with van der Waals surface area (Å²) in [6.45, 7) is 7.85. The number of hydrogen-bond acceptors (Lipinski definition) is 9. The third-order valence-corrected chi connectivity index (χ3v) is 8.80. The predicted molar refractivity (Wildman–Crippen MR) is 162 cm³/mol. The number of nitriles is 1.